The maximum atomic E-state index is 8.91. The van der Waals surface area contributed by atoms with Gasteiger partial charge in [0.2, 0.25) is 0 Å². The number of hydrogen-bond donors (Lipinski definition) is 2. The Labute approximate surface area is 124 Å². The van der Waals surface area contributed by atoms with Crippen molar-refractivity contribution in [1.29, 1.82) is 10.5 Å². The van der Waals surface area contributed by atoms with Crippen LogP contribution in [0.4, 0.5) is 0 Å². The highest BCUT2D eigenvalue weighted by molar-refractivity contribution is 5.37. The van der Waals surface area contributed by atoms with Gasteiger partial charge in [-0.1, -0.05) is 60.7 Å². The molecule has 0 unspecified atom stereocenters. The maximum absolute atomic E-state index is 8.91. The van der Waals surface area contributed by atoms with Crippen LogP contribution in [-0.2, 0) is 5.66 Å². The molecule has 2 aromatic carbocycles. The summed E-state index contributed by atoms with van der Waals surface area (Å²) in [5.41, 5.74) is 7.39. The van der Waals surface area contributed by atoms with Crippen LogP contribution in [0.25, 0.3) is 0 Å². The summed E-state index contributed by atoms with van der Waals surface area (Å²) >= 11 is 0. The van der Waals surface area contributed by atoms with Gasteiger partial charge < -0.3 is 5.73 Å². The van der Waals surface area contributed by atoms with E-state index in [0.29, 0.717) is 0 Å². The maximum Gasteiger partial charge on any atom is 0.145 e. The van der Waals surface area contributed by atoms with Crippen molar-refractivity contribution in [1.82, 2.24) is 5.32 Å². The zero-order valence-corrected chi connectivity index (χ0v) is 11.5. The predicted molar refractivity (Wildman–Crippen MR) is 80.6 cm³/mol. The third-order valence-electron chi connectivity index (χ3n) is 3.35. The lowest BCUT2D eigenvalue weighted by atomic mass is 9.91. The topological polar surface area (TPSA) is 85.6 Å². The van der Waals surface area contributed by atoms with E-state index in [1.54, 1.807) is 0 Å². The highest BCUT2D eigenvalue weighted by atomic mass is 15.1. The van der Waals surface area contributed by atoms with Crippen molar-refractivity contribution >= 4 is 0 Å². The second-order valence-electron chi connectivity index (χ2n) is 4.73. The molecule has 3 N–H and O–H groups in total. The molecule has 0 aromatic heterocycles. The second-order valence-corrected chi connectivity index (χ2v) is 4.73. The Morgan fingerprint density at radius 2 is 1.33 bits per heavy atom. The Balaban J connectivity index is 2.37. The first-order valence-electron chi connectivity index (χ1n) is 6.65. The van der Waals surface area contributed by atoms with E-state index in [-0.39, 0.29) is 6.54 Å². The molecule has 104 valence electrons. The van der Waals surface area contributed by atoms with Crippen molar-refractivity contribution in [3.8, 4) is 12.1 Å². The lowest BCUT2D eigenvalue weighted by Crippen LogP contribution is -2.52. The van der Waals surface area contributed by atoms with E-state index in [2.05, 4.69) is 5.32 Å². The molecular formula is C17H16N4. The molecule has 2 aromatic rings. The first-order valence-corrected chi connectivity index (χ1v) is 6.65. The van der Waals surface area contributed by atoms with E-state index in [9.17, 15) is 0 Å². The van der Waals surface area contributed by atoms with E-state index in [0.717, 1.165) is 11.1 Å². The number of nitriles is 2. The van der Waals surface area contributed by atoms with E-state index in [1.807, 2.05) is 72.8 Å². The molecule has 0 aliphatic rings. The molecule has 4 heteroatoms. The molecule has 0 saturated carbocycles. The minimum Gasteiger partial charge on any atom is -0.306 e. The Kier molecular flexibility index (Phi) is 4.68. The van der Waals surface area contributed by atoms with Crippen LogP contribution >= 0.6 is 0 Å². The van der Waals surface area contributed by atoms with Crippen molar-refractivity contribution in [2.24, 2.45) is 11.7 Å². The number of rotatable bonds is 5. The molecule has 0 fully saturated rings. The van der Waals surface area contributed by atoms with Crippen molar-refractivity contribution < 1.29 is 0 Å². The van der Waals surface area contributed by atoms with Crippen LogP contribution in [0.3, 0.4) is 0 Å². The summed E-state index contributed by atoms with van der Waals surface area (Å²) in [6.07, 6.45) is 0. The van der Waals surface area contributed by atoms with E-state index < -0.39 is 11.6 Å². The van der Waals surface area contributed by atoms with Crippen LogP contribution < -0.4 is 11.1 Å². The summed E-state index contributed by atoms with van der Waals surface area (Å²) in [5.74, 6) is -0.736. The van der Waals surface area contributed by atoms with Crippen LogP contribution in [0.1, 0.15) is 11.1 Å². The molecule has 0 atom stereocenters. The van der Waals surface area contributed by atoms with E-state index in [1.165, 1.54) is 0 Å². The first-order chi connectivity index (χ1) is 10.2. The first kappa shape index (κ1) is 14.7. The fourth-order valence-electron chi connectivity index (χ4n) is 2.16. The molecule has 0 radical (unpaired) electrons. The average molecular weight is 276 g/mol. The van der Waals surface area contributed by atoms with Crippen molar-refractivity contribution in [2.45, 2.75) is 5.66 Å². The third-order valence-corrected chi connectivity index (χ3v) is 3.35. The van der Waals surface area contributed by atoms with Crippen LogP contribution in [0.5, 0.6) is 0 Å². The summed E-state index contributed by atoms with van der Waals surface area (Å²) in [7, 11) is 0. The van der Waals surface area contributed by atoms with Crippen LogP contribution in [0, 0.1) is 28.6 Å². The largest absolute Gasteiger partial charge is 0.306 e. The van der Waals surface area contributed by atoms with E-state index >= 15 is 0 Å². The Morgan fingerprint density at radius 1 is 0.905 bits per heavy atom. The highest BCUT2D eigenvalue weighted by Crippen LogP contribution is 2.24. The SMILES string of the molecule is N#CC(C#N)CNC(N)(c1ccccc1)c1ccccc1. The van der Waals surface area contributed by atoms with Gasteiger partial charge in [0.15, 0.2) is 0 Å². The van der Waals surface area contributed by atoms with Gasteiger partial charge in [-0.3, -0.25) is 5.32 Å². The van der Waals surface area contributed by atoms with Gasteiger partial charge in [-0.25, -0.2) is 0 Å². The van der Waals surface area contributed by atoms with Gasteiger partial charge in [-0.05, 0) is 11.1 Å². The number of nitrogens with one attached hydrogen (secondary N) is 1. The van der Waals surface area contributed by atoms with E-state index in [4.69, 9.17) is 16.3 Å². The van der Waals surface area contributed by atoms with Gasteiger partial charge in [-0.2, -0.15) is 10.5 Å². The Hall–Kier alpha value is -2.66. The summed E-state index contributed by atoms with van der Waals surface area (Å²) in [4.78, 5) is 0. The molecule has 0 aliphatic heterocycles. The molecular weight excluding hydrogens is 260 g/mol. The van der Waals surface area contributed by atoms with Crippen molar-refractivity contribution in [3.05, 3.63) is 71.8 Å². The number of hydrogen-bond acceptors (Lipinski definition) is 4. The average Bonchev–Trinajstić information content (AvgIpc) is 2.57. The second kappa shape index (κ2) is 6.67. The summed E-state index contributed by atoms with van der Waals surface area (Å²) in [5, 5.41) is 21.0. The number of benzene rings is 2. The number of nitrogens with two attached hydrogens (primary N) is 1. The van der Waals surface area contributed by atoms with Gasteiger partial charge in [0, 0.05) is 6.54 Å². The van der Waals surface area contributed by atoms with Gasteiger partial charge in [0.25, 0.3) is 0 Å². The fraction of sp³-hybridized carbons (Fsp3) is 0.176. The summed E-state index contributed by atoms with van der Waals surface area (Å²) < 4.78 is 0. The molecule has 0 spiro atoms. The summed E-state index contributed by atoms with van der Waals surface area (Å²) in [6.45, 7) is 0.202. The quantitative estimate of drug-likeness (QED) is 0.819. The lowest BCUT2D eigenvalue weighted by Gasteiger charge is -2.32. The molecule has 0 saturated heterocycles. The smallest absolute Gasteiger partial charge is 0.145 e. The van der Waals surface area contributed by atoms with Crippen LogP contribution in [0.2, 0.25) is 0 Å². The molecule has 2 rings (SSSR count). The Bertz CT molecular complexity index is 599. The van der Waals surface area contributed by atoms with Gasteiger partial charge in [0.05, 0.1) is 12.1 Å². The van der Waals surface area contributed by atoms with Crippen LogP contribution in [-0.4, -0.2) is 6.54 Å². The number of nitrogens with zero attached hydrogens (tertiary/aromatic N) is 2. The molecule has 0 aliphatic carbocycles. The fourth-order valence-corrected chi connectivity index (χ4v) is 2.16. The predicted octanol–water partition coefficient (Wildman–Crippen LogP) is 2.10. The zero-order valence-electron chi connectivity index (χ0n) is 11.5. The molecule has 21 heavy (non-hydrogen) atoms. The van der Waals surface area contributed by atoms with Gasteiger partial charge in [-0.15, -0.1) is 0 Å². The zero-order chi connectivity index (χ0) is 15.1. The lowest BCUT2D eigenvalue weighted by molar-refractivity contribution is 0.407. The molecule has 0 bridgehead atoms. The third kappa shape index (κ3) is 3.27. The monoisotopic (exact) mass is 276 g/mol. The van der Waals surface area contributed by atoms with Gasteiger partial charge in [0.1, 0.15) is 11.6 Å². The Morgan fingerprint density at radius 3 is 1.71 bits per heavy atom. The minimum atomic E-state index is -0.936. The van der Waals surface area contributed by atoms with Crippen molar-refractivity contribution in [3.63, 3.8) is 0 Å². The van der Waals surface area contributed by atoms with Gasteiger partial charge >= 0.3 is 0 Å². The highest BCUT2D eigenvalue weighted by Gasteiger charge is 2.29. The standard InChI is InChI=1S/C17H16N4/c18-11-14(12-19)13-21-17(20,15-7-3-1-4-8-15)16-9-5-2-6-10-16/h1-10,14,21H,13,20H2. The van der Waals surface area contributed by atoms with Crippen LogP contribution in [0.15, 0.2) is 60.7 Å². The molecule has 0 amide bonds. The molecule has 0 heterocycles. The van der Waals surface area contributed by atoms with Crippen molar-refractivity contribution in [2.75, 3.05) is 6.54 Å². The summed E-state index contributed by atoms with van der Waals surface area (Å²) in [6, 6.07) is 23.1. The minimum absolute atomic E-state index is 0.202. The normalized spacial score (nSPS) is 10.9. The molecule has 4 nitrogen and oxygen atoms in total.